The number of ether oxygens (including phenoxy) is 1. The molecule has 3 aromatic rings. The van der Waals surface area contributed by atoms with E-state index in [0.717, 1.165) is 4.68 Å². The van der Waals surface area contributed by atoms with Crippen LogP contribution in [0.3, 0.4) is 0 Å². The summed E-state index contributed by atoms with van der Waals surface area (Å²) in [6.45, 7) is -0.327. The van der Waals surface area contributed by atoms with Crippen molar-refractivity contribution in [1.82, 2.24) is 20.0 Å². The van der Waals surface area contributed by atoms with Gasteiger partial charge >= 0.3 is 5.97 Å². The summed E-state index contributed by atoms with van der Waals surface area (Å²) in [6.07, 6.45) is 1.46. The van der Waals surface area contributed by atoms with E-state index in [-0.39, 0.29) is 18.0 Å². The van der Waals surface area contributed by atoms with Crippen molar-refractivity contribution in [3.05, 3.63) is 57.6 Å². The van der Waals surface area contributed by atoms with E-state index in [1.54, 1.807) is 24.3 Å². The van der Waals surface area contributed by atoms with Crippen LogP contribution in [0.4, 0.5) is 0 Å². The maximum absolute atomic E-state index is 12.1. The van der Waals surface area contributed by atoms with E-state index in [1.165, 1.54) is 12.3 Å². The van der Waals surface area contributed by atoms with Gasteiger partial charge in [0.1, 0.15) is 11.2 Å². The largest absolute Gasteiger partial charge is 0.437 e. The van der Waals surface area contributed by atoms with Crippen molar-refractivity contribution >= 4 is 28.5 Å². The molecule has 0 aliphatic carbocycles. The maximum atomic E-state index is 12.1. The Morgan fingerprint density at radius 2 is 2.19 bits per heavy atom. The number of aromatic nitrogens is 4. The van der Waals surface area contributed by atoms with Crippen molar-refractivity contribution in [1.29, 1.82) is 0 Å². The Bertz CT molecular complexity index is 871. The number of halogens is 1. The fourth-order valence-electron chi connectivity index (χ4n) is 1.79. The van der Waals surface area contributed by atoms with Gasteiger partial charge in [-0.2, -0.15) is 4.68 Å². The Morgan fingerprint density at radius 1 is 1.38 bits per heavy atom. The highest BCUT2D eigenvalue weighted by Crippen LogP contribution is 2.10. The van der Waals surface area contributed by atoms with E-state index in [1.807, 2.05) is 0 Å². The number of hydrogen-bond donors (Lipinski definition) is 1. The number of carbonyl (C=O) groups is 1. The lowest BCUT2D eigenvalue weighted by molar-refractivity contribution is 0.0330. The monoisotopic (exact) mass is 304 g/mol. The lowest BCUT2D eigenvalue weighted by Gasteiger charge is -2.05. The van der Waals surface area contributed by atoms with Crippen LogP contribution in [-0.4, -0.2) is 25.9 Å². The first-order valence-corrected chi connectivity index (χ1v) is 6.36. The molecule has 0 atom stereocenters. The predicted molar refractivity (Wildman–Crippen MR) is 75.0 cm³/mol. The molecule has 0 unspecified atom stereocenters. The average molecular weight is 305 g/mol. The molecule has 0 saturated carbocycles. The maximum Gasteiger partial charge on any atom is 0.356 e. The first-order valence-electron chi connectivity index (χ1n) is 5.99. The van der Waals surface area contributed by atoms with Gasteiger partial charge in [-0.25, -0.2) is 4.79 Å². The van der Waals surface area contributed by atoms with Crippen molar-refractivity contribution < 1.29 is 9.53 Å². The molecule has 0 bridgehead atoms. The summed E-state index contributed by atoms with van der Waals surface area (Å²) < 4.78 is 5.97. The second kappa shape index (κ2) is 5.37. The van der Waals surface area contributed by atoms with Crippen LogP contribution in [0.25, 0.3) is 10.9 Å². The number of nitrogens with one attached hydrogen (secondary N) is 1. The van der Waals surface area contributed by atoms with Crippen molar-refractivity contribution in [2.24, 2.45) is 0 Å². The van der Waals surface area contributed by atoms with Crippen LogP contribution in [0.1, 0.15) is 10.5 Å². The van der Waals surface area contributed by atoms with Crippen LogP contribution in [0.5, 0.6) is 0 Å². The first-order chi connectivity index (χ1) is 10.1. The van der Waals surface area contributed by atoms with Gasteiger partial charge in [-0.3, -0.25) is 4.79 Å². The summed E-state index contributed by atoms with van der Waals surface area (Å²) in [4.78, 5) is 26.5. The molecule has 0 aliphatic heterocycles. The highest BCUT2D eigenvalue weighted by molar-refractivity contribution is 6.30. The topological polar surface area (TPSA) is 89.9 Å². The smallest absolute Gasteiger partial charge is 0.356 e. The summed E-state index contributed by atoms with van der Waals surface area (Å²) in [5.74, 6) is -0.635. The molecule has 1 aromatic carbocycles. The third kappa shape index (κ3) is 2.63. The van der Waals surface area contributed by atoms with Gasteiger partial charge < -0.3 is 9.72 Å². The summed E-state index contributed by atoms with van der Waals surface area (Å²) in [5, 5.41) is 8.41. The van der Waals surface area contributed by atoms with Gasteiger partial charge in [0.05, 0.1) is 10.4 Å². The molecule has 2 aromatic heterocycles. The molecule has 3 rings (SSSR count). The van der Waals surface area contributed by atoms with Crippen LogP contribution in [-0.2, 0) is 11.5 Å². The Labute approximate surface area is 123 Å². The zero-order valence-electron chi connectivity index (χ0n) is 10.6. The lowest BCUT2D eigenvalue weighted by Crippen LogP contribution is -2.26. The number of benzene rings is 1. The van der Waals surface area contributed by atoms with Gasteiger partial charge in [0.15, 0.2) is 6.73 Å². The number of esters is 1. The Morgan fingerprint density at radius 3 is 2.95 bits per heavy atom. The molecule has 0 spiro atoms. The highest BCUT2D eigenvalue weighted by Gasteiger charge is 2.11. The third-order valence-electron chi connectivity index (χ3n) is 2.81. The number of carbonyl (C=O) groups excluding carboxylic acids is 1. The molecule has 21 heavy (non-hydrogen) atoms. The second-order valence-corrected chi connectivity index (χ2v) is 4.64. The zero-order chi connectivity index (χ0) is 14.8. The normalized spacial score (nSPS) is 10.7. The van der Waals surface area contributed by atoms with E-state index >= 15 is 0 Å². The minimum atomic E-state index is -0.635. The Kier molecular flexibility index (Phi) is 3.41. The van der Waals surface area contributed by atoms with E-state index in [2.05, 4.69) is 15.3 Å². The summed E-state index contributed by atoms with van der Waals surface area (Å²) in [5.41, 5.74) is 0.306. The van der Waals surface area contributed by atoms with E-state index in [0.29, 0.717) is 15.9 Å². The standard InChI is InChI=1S/C13H9ClN4O3/c14-8-5-11(15-6-8)13(20)21-7-18-12(19)9-3-1-2-4-10(9)16-17-18/h1-6,15H,7H2. The van der Waals surface area contributed by atoms with Crippen LogP contribution in [0.15, 0.2) is 41.3 Å². The van der Waals surface area contributed by atoms with Crippen molar-refractivity contribution in [2.45, 2.75) is 6.73 Å². The average Bonchev–Trinajstić information content (AvgIpc) is 2.93. The van der Waals surface area contributed by atoms with Gasteiger partial charge in [-0.1, -0.05) is 28.9 Å². The van der Waals surface area contributed by atoms with Crippen molar-refractivity contribution in [3.8, 4) is 0 Å². The minimum absolute atomic E-state index is 0.196. The number of rotatable bonds is 3. The molecule has 106 valence electrons. The number of aromatic amines is 1. The van der Waals surface area contributed by atoms with Gasteiger partial charge in [-0.15, -0.1) is 5.10 Å². The molecule has 0 fully saturated rings. The lowest BCUT2D eigenvalue weighted by atomic mass is 10.2. The molecule has 0 radical (unpaired) electrons. The summed E-state index contributed by atoms with van der Waals surface area (Å²) in [6, 6.07) is 8.23. The predicted octanol–water partition coefficient (Wildman–Crippen LogP) is 1.59. The van der Waals surface area contributed by atoms with E-state index < -0.39 is 5.97 Å². The Balaban J connectivity index is 1.81. The molecular weight excluding hydrogens is 296 g/mol. The van der Waals surface area contributed by atoms with Crippen molar-refractivity contribution in [2.75, 3.05) is 0 Å². The highest BCUT2D eigenvalue weighted by atomic mass is 35.5. The van der Waals surface area contributed by atoms with Gasteiger partial charge in [0.2, 0.25) is 0 Å². The van der Waals surface area contributed by atoms with E-state index in [9.17, 15) is 9.59 Å². The summed E-state index contributed by atoms with van der Waals surface area (Å²) >= 11 is 5.70. The van der Waals surface area contributed by atoms with Gasteiger partial charge in [-0.05, 0) is 18.2 Å². The van der Waals surface area contributed by atoms with Crippen LogP contribution in [0.2, 0.25) is 5.02 Å². The molecule has 8 heteroatoms. The molecule has 0 saturated heterocycles. The quantitative estimate of drug-likeness (QED) is 0.742. The molecule has 2 heterocycles. The van der Waals surface area contributed by atoms with Crippen molar-refractivity contribution in [3.63, 3.8) is 0 Å². The van der Waals surface area contributed by atoms with Crippen LogP contribution >= 0.6 is 11.6 Å². The molecule has 7 nitrogen and oxygen atoms in total. The zero-order valence-corrected chi connectivity index (χ0v) is 11.4. The second-order valence-electron chi connectivity index (χ2n) is 4.20. The van der Waals surface area contributed by atoms with Gasteiger partial charge in [0, 0.05) is 6.20 Å². The third-order valence-corrected chi connectivity index (χ3v) is 3.03. The fourth-order valence-corrected chi connectivity index (χ4v) is 1.95. The fraction of sp³-hybridized carbons (Fsp3) is 0.0769. The number of nitrogens with zero attached hydrogens (tertiary/aromatic N) is 3. The van der Waals surface area contributed by atoms with Gasteiger partial charge in [0.25, 0.3) is 5.56 Å². The summed E-state index contributed by atoms with van der Waals surface area (Å²) in [7, 11) is 0. The Hall–Kier alpha value is -2.67. The first kappa shape index (κ1) is 13.3. The minimum Gasteiger partial charge on any atom is -0.437 e. The molecule has 0 amide bonds. The number of fused-ring (bicyclic) bond motifs is 1. The SMILES string of the molecule is O=C(OCn1nnc2ccccc2c1=O)c1cc(Cl)c[nH]1. The van der Waals surface area contributed by atoms with Crippen LogP contribution < -0.4 is 5.56 Å². The molecule has 0 aliphatic rings. The molecular formula is C13H9ClN4O3. The van der Waals surface area contributed by atoms with Crippen LogP contribution in [0, 0.1) is 0 Å². The molecule has 1 N–H and O–H groups in total. The number of hydrogen-bond acceptors (Lipinski definition) is 5. The van der Waals surface area contributed by atoms with E-state index in [4.69, 9.17) is 16.3 Å². The number of H-pyrrole nitrogens is 1.